The summed E-state index contributed by atoms with van der Waals surface area (Å²) in [6.45, 7) is 14.2. The molecule has 27 nitrogen and oxygen atoms in total. The molecule has 2 amide bonds. The highest BCUT2D eigenvalue weighted by Crippen LogP contribution is 2.67. The molecule has 13 unspecified atom stereocenters. The lowest BCUT2D eigenvalue weighted by molar-refractivity contribution is -0.375. The van der Waals surface area contributed by atoms with Gasteiger partial charge in [-0.25, -0.2) is 0 Å². The van der Waals surface area contributed by atoms with Crippen molar-refractivity contribution in [2.45, 2.75) is 261 Å². The zero-order valence-electron chi connectivity index (χ0n) is 51.6. The first kappa shape index (κ1) is 69.3. The van der Waals surface area contributed by atoms with Gasteiger partial charge in [-0.2, -0.15) is 0 Å². The Bertz CT molecular complexity index is 2550. The normalized spacial score (nSPS) is 46.3. The number of hydrogen-bond acceptors (Lipinski definition) is 25. The predicted molar refractivity (Wildman–Crippen MR) is 303 cm³/mol. The average Bonchev–Trinajstić information content (AvgIpc) is 1.34. The molecule has 1 saturated carbocycles. The molecule has 0 aromatic carbocycles. The summed E-state index contributed by atoms with van der Waals surface area (Å²) in [7, 11) is 0. The van der Waals surface area contributed by atoms with E-state index in [4.69, 9.17) is 47.4 Å². The van der Waals surface area contributed by atoms with E-state index >= 15 is 0 Å². The summed E-state index contributed by atoms with van der Waals surface area (Å²) >= 11 is 0. The van der Waals surface area contributed by atoms with Crippen LogP contribution in [0.4, 0.5) is 0 Å². The summed E-state index contributed by atoms with van der Waals surface area (Å²) in [4.78, 5) is 38.3. The van der Waals surface area contributed by atoms with Gasteiger partial charge in [-0.15, -0.1) is 0 Å². The van der Waals surface area contributed by atoms with Crippen molar-refractivity contribution >= 4 is 17.6 Å². The third-order valence-electron chi connectivity index (χ3n) is 20.7. The fraction of sp³-hybridized carbons (Fsp3) is 0.852. The van der Waals surface area contributed by atoms with E-state index in [9.17, 15) is 75.7 Å². The molecule has 29 atom stereocenters. The molecular formula is C61H96N2O25. The van der Waals surface area contributed by atoms with Gasteiger partial charge in [-0.3, -0.25) is 14.4 Å². The molecule has 0 bridgehead atoms. The number of nitrogens with one attached hydrogen (secondary N) is 2. The summed E-state index contributed by atoms with van der Waals surface area (Å²) in [5.41, 5.74) is 4.46. The Morgan fingerprint density at radius 2 is 1.19 bits per heavy atom. The number of amides is 2. The van der Waals surface area contributed by atoms with E-state index in [2.05, 4.69) is 51.3 Å². The Kier molecular flexibility index (Phi) is 22.0. The van der Waals surface area contributed by atoms with Crippen molar-refractivity contribution in [3.8, 4) is 0 Å². The molecule has 5 saturated heterocycles. The van der Waals surface area contributed by atoms with Crippen LogP contribution in [0.5, 0.6) is 0 Å². The molecule has 500 valence electrons. The Balaban J connectivity index is 0.975. The molecule has 9 aliphatic rings. The van der Waals surface area contributed by atoms with Gasteiger partial charge in [0.2, 0.25) is 11.8 Å². The van der Waals surface area contributed by atoms with Crippen molar-refractivity contribution in [1.29, 1.82) is 0 Å². The van der Waals surface area contributed by atoms with E-state index in [1.807, 2.05) is 13.8 Å². The van der Waals surface area contributed by atoms with Crippen LogP contribution in [-0.2, 0) is 61.8 Å². The maximum atomic E-state index is 13.0. The monoisotopic (exact) mass is 1260 g/mol. The first-order valence-corrected chi connectivity index (χ1v) is 31.1. The maximum Gasteiger partial charge on any atom is 0.217 e. The van der Waals surface area contributed by atoms with Crippen LogP contribution in [0.1, 0.15) is 114 Å². The minimum Gasteiger partial charge on any atom is -0.394 e. The van der Waals surface area contributed by atoms with Crippen LogP contribution in [-0.4, -0.2) is 259 Å². The van der Waals surface area contributed by atoms with Crippen molar-refractivity contribution in [2.24, 2.45) is 34.0 Å². The standard InChI is InChI=1S/C61H96N2O25/c1-25(2)18-29(68)19-26(3)31-11-12-32-30-10-13-39-59(6,7)40(15-17-61(39,9)33(30)14-16-60(31,32)8)86-58-53(47(74)38(24-81-58)85-54-41(62-27(4)66)48(75)44(71)35(20-64)82-54)87-55-42(63-28(5)67)49(76)46(73)37(84-55)23-80-57-52(43(70)34(69)22-79-57)88-56-51(78)50(77)45(72)36(21-65)83-56/h12,18,26,31,34-58,64-65,69-78H,10-11,13-17,19-24H2,1-9H3,(H,62,66)(H,63,67)/t26-,31-,34-,35?,36?,37?,38-,39+,40+,41?,42?,43?,44+,45-,46-,47?,48?,49?,50?,51?,52?,53?,54+,55+,56+,57+,58+,60-,61-/m1/s1. The number of fused-ring (bicyclic) bond motifs is 4. The quantitative estimate of drug-likeness (QED) is 0.0615. The number of aliphatic hydroxyl groups excluding tert-OH is 12. The highest BCUT2D eigenvalue weighted by molar-refractivity contribution is 5.90. The Morgan fingerprint density at radius 3 is 1.82 bits per heavy atom. The number of carbonyl (C=O) groups excluding carboxylic acids is 3. The van der Waals surface area contributed by atoms with Gasteiger partial charge < -0.3 is 119 Å². The lowest BCUT2D eigenvalue weighted by Crippen LogP contribution is -2.68. The molecule has 27 heteroatoms. The molecule has 9 rings (SSSR count). The third-order valence-corrected chi connectivity index (χ3v) is 20.7. The number of carbonyl (C=O) groups is 3. The maximum absolute atomic E-state index is 13.0. The number of aliphatic hydroxyl groups is 12. The topological polar surface area (TPSA) is 410 Å². The Hall–Kier alpha value is -3.05. The second kappa shape index (κ2) is 27.9. The highest BCUT2D eigenvalue weighted by atomic mass is 16.8. The molecule has 0 spiro atoms. The van der Waals surface area contributed by atoms with Crippen molar-refractivity contribution in [3.63, 3.8) is 0 Å². The van der Waals surface area contributed by atoms with Crippen LogP contribution in [0.2, 0.25) is 0 Å². The second-order valence-electron chi connectivity index (χ2n) is 27.2. The van der Waals surface area contributed by atoms with Gasteiger partial charge in [0.15, 0.2) is 37.2 Å². The average molecular weight is 1260 g/mol. The molecule has 4 aliphatic carbocycles. The largest absolute Gasteiger partial charge is 0.394 e. The van der Waals surface area contributed by atoms with Crippen LogP contribution < -0.4 is 10.6 Å². The van der Waals surface area contributed by atoms with Gasteiger partial charge in [-0.05, 0) is 110 Å². The smallest absolute Gasteiger partial charge is 0.217 e. The molecule has 14 N–H and O–H groups in total. The predicted octanol–water partition coefficient (Wildman–Crippen LogP) is -2.13. The number of ether oxygens (including phenoxy) is 10. The summed E-state index contributed by atoms with van der Waals surface area (Å²) in [5, 5.41) is 136. The molecule has 0 aromatic rings. The number of ketones is 1. The van der Waals surface area contributed by atoms with Crippen molar-refractivity contribution in [1.82, 2.24) is 10.6 Å². The van der Waals surface area contributed by atoms with Crippen LogP contribution in [0.3, 0.4) is 0 Å². The summed E-state index contributed by atoms with van der Waals surface area (Å²) < 4.78 is 61.7. The SMILES string of the molecule is CC(=O)NC1C(O)[C@H](O)C(CO[C@@H]2OC[C@@H](O)C(O)C2O[C@@H]2OC(CO)[C@@H](O)C(O)C2O)O[C@H]1OC1C(O)[C@H](O[C@@H]2OC(CO)[C@H](O)C(O)C2NC(C)=O)CO[C@H]1O[C@H]1CC[C@]2(C)C3=C(CC[C@H]2C1(C)C)C1=CC[C@H]([C@H](C)CC(=O)C=C(C)C)[C@@]1(C)CC3. The number of rotatable bonds is 19. The molecule has 0 aromatic heterocycles. The molecule has 5 aliphatic heterocycles. The lowest BCUT2D eigenvalue weighted by atomic mass is 9.46. The lowest BCUT2D eigenvalue weighted by Gasteiger charge is -2.60. The van der Waals surface area contributed by atoms with Crippen molar-refractivity contribution in [3.05, 3.63) is 34.4 Å². The van der Waals surface area contributed by atoms with E-state index in [1.54, 1.807) is 6.08 Å². The van der Waals surface area contributed by atoms with E-state index < -0.39 is 198 Å². The Morgan fingerprint density at radius 1 is 0.625 bits per heavy atom. The first-order valence-electron chi connectivity index (χ1n) is 31.1. The summed E-state index contributed by atoms with van der Waals surface area (Å²) in [6.07, 6.45) is -25.6. The van der Waals surface area contributed by atoms with Gasteiger partial charge in [-0.1, -0.05) is 51.8 Å². The highest BCUT2D eigenvalue weighted by Gasteiger charge is 2.61. The van der Waals surface area contributed by atoms with Crippen LogP contribution in [0.15, 0.2) is 34.4 Å². The minimum absolute atomic E-state index is 0.0635. The summed E-state index contributed by atoms with van der Waals surface area (Å²) in [5.74, 6) is -0.544. The number of hydrogen-bond donors (Lipinski definition) is 14. The Labute approximate surface area is 512 Å². The number of allylic oxidation sites excluding steroid dienone is 6. The van der Waals surface area contributed by atoms with Gasteiger partial charge in [0, 0.05) is 20.3 Å². The van der Waals surface area contributed by atoms with E-state index in [0.29, 0.717) is 18.8 Å². The third kappa shape index (κ3) is 13.7. The molecule has 0 radical (unpaired) electrons. The minimum atomic E-state index is -1.93. The van der Waals surface area contributed by atoms with E-state index in [0.717, 1.165) is 57.9 Å². The second-order valence-corrected chi connectivity index (χ2v) is 27.2. The zero-order valence-corrected chi connectivity index (χ0v) is 51.6. The van der Waals surface area contributed by atoms with Gasteiger partial charge in [0.25, 0.3) is 0 Å². The van der Waals surface area contributed by atoms with Gasteiger partial charge in [0.1, 0.15) is 110 Å². The van der Waals surface area contributed by atoms with Crippen LogP contribution >= 0.6 is 0 Å². The molecule has 5 heterocycles. The zero-order chi connectivity index (χ0) is 64.2. The van der Waals surface area contributed by atoms with Crippen LogP contribution in [0, 0.1) is 34.0 Å². The molecule has 6 fully saturated rings. The molecule has 88 heavy (non-hydrogen) atoms. The summed E-state index contributed by atoms with van der Waals surface area (Å²) in [6, 6.07) is -3.01. The fourth-order valence-electron chi connectivity index (χ4n) is 16.0. The van der Waals surface area contributed by atoms with Gasteiger partial charge >= 0.3 is 0 Å². The van der Waals surface area contributed by atoms with Gasteiger partial charge in [0.05, 0.1) is 39.1 Å². The van der Waals surface area contributed by atoms with Crippen LogP contribution in [0.25, 0.3) is 0 Å². The fourth-order valence-corrected chi connectivity index (χ4v) is 16.0. The molecular weight excluding hydrogens is 1160 g/mol. The first-order chi connectivity index (χ1) is 41.4. The van der Waals surface area contributed by atoms with Crippen molar-refractivity contribution in [2.75, 3.05) is 33.0 Å². The van der Waals surface area contributed by atoms with E-state index in [1.165, 1.54) is 16.7 Å². The van der Waals surface area contributed by atoms with Crippen molar-refractivity contribution < 1.29 is 123 Å². The van der Waals surface area contributed by atoms with E-state index in [-0.39, 0.29) is 28.4 Å².